The molecule has 1 saturated carbocycles. The van der Waals surface area contributed by atoms with Crippen LogP contribution in [0.1, 0.15) is 43.0 Å². The van der Waals surface area contributed by atoms with Crippen molar-refractivity contribution in [1.82, 2.24) is 5.32 Å². The fourth-order valence-electron chi connectivity index (χ4n) is 2.37. The average molecular weight is 315 g/mol. The zero-order valence-electron chi connectivity index (χ0n) is 13.3. The minimum atomic E-state index is -0.627. The van der Waals surface area contributed by atoms with Crippen molar-refractivity contribution in [3.63, 3.8) is 0 Å². The van der Waals surface area contributed by atoms with E-state index >= 15 is 0 Å². The third-order valence-electron chi connectivity index (χ3n) is 3.97. The third kappa shape index (κ3) is 3.73. The highest BCUT2D eigenvalue weighted by molar-refractivity contribution is 5.97. The number of hydrogen-bond acceptors (Lipinski definition) is 4. The summed E-state index contributed by atoms with van der Waals surface area (Å²) in [5.74, 6) is 0.729. The van der Waals surface area contributed by atoms with E-state index in [4.69, 9.17) is 9.15 Å². The fourth-order valence-corrected chi connectivity index (χ4v) is 2.37. The highest BCUT2D eigenvalue weighted by atomic mass is 16.5. The van der Waals surface area contributed by atoms with Crippen molar-refractivity contribution < 1.29 is 13.9 Å². The Morgan fingerprint density at radius 2 is 2.22 bits per heavy atom. The van der Waals surface area contributed by atoms with Crippen LogP contribution in [0.25, 0.3) is 11.0 Å². The molecule has 0 unspecified atom stereocenters. The number of ether oxygens (including phenoxy) is 1. The molecule has 0 radical (unpaired) electrons. The summed E-state index contributed by atoms with van der Waals surface area (Å²) in [6, 6.07) is 6.99. The van der Waals surface area contributed by atoms with Crippen LogP contribution in [0.4, 0.5) is 0 Å². The normalized spacial score (nSPS) is 14.0. The van der Waals surface area contributed by atoms with Gasteiger partial charge < -0.3 is 14.5 Å². The van der Waals surface area contributed by atoms with E-state index in [1.807, 2.05) is 12.1 Å². The van der Waals surface area contributed by atoms with Gasteiger partial charge in [-0.25, -0.2) is 4.79 Å². The van der Waals surface area contributed by atoms with Gasteiger partial charge >= 0.3 is 5.63 Å². The molecule has 1 amide bonds. The second-order valence-corrected chi connectivity index (χ2v) is 5.98. The smallest absolute Gasteiger partial charge is 0.349 e. The fraction of sp³-hybridized carbons (Fsp3) is 0.444. The molecule has 5 heteroatoms. The number of carbonyl (C=O) groups is 1. The molecule has 3 rings (SSSR count). The molecule has 0 atom stereocenters. The zero-order valence-corrected chi connectivity index (χ0v) is 13.3. The Balaban J connectivity index is 1.85. The first-order valence-electron chi connectivity index (χ1n) is 8.17. The molecular formula is C18H21NO4. The predicted molar refractivity (Wildman–Crippen MR) is 87.9 cm³/mol. The second kappa shape index (κ2) is 6.86. The zero-order chi connectivity index (χ0) is 16.2. The number of carbonyl (C=O) groups excluding carboxylic acids is 1. The summed E-state index contributed by atoms with van der Waals surface area (Å²) < 4.78 is 11.0. The standard InChI is InChI=1S/C18H21NO4/c1-2-3-9-22-15-6-4-5-13-10-14(18(21)23-16(13)15)17(20)19-11-12-7-8-12/h4-6,10,12H,2-3,7-9,11H2,1H3,(H,19,20). The molecule has 0 saturated heterocycles. The molecule has 1 aromatic carbocycles. The van der Waals surface area contributed by atoms with Crippen LogP contribution >= 0.6 is 0 Å². The molecule has 1 N–H and O–H groups in total. The molecule has 1 heterocycles. The first-order chi connectivity index (χ1) is 11.2. The molecule has 122 valence electrons. The molecule has 23 heavy (non-hydrogen) atoms. The number of fused-ring (bicyclic) bond motifs is 1. The van der Waals surface area contributed by atoms with E-state index in [2.05, 4.69) is 12.2 Å². The van der Waals surface area contributed by atoms with Crippen LogP contribution in [0.5, 0.6) is 5.75 Å². The van der Waals surface area contributed by atoms with Crippen LogP contribution in [0.2, 0.25) is 0 Å². The minimum Gasteiger partial charge on any atom is -0.490 e. The lowest BCUT2D eigenvalue weighted by Gasteiger charge is -2.08. The first kappa shape index (κ1) is 15.6. The Hall–Kier alpha value is -2.30. The molecule has 2 aromatic rings. The highest BCUT2D eigenvalue weighted by Crippen LogP contribution is 2.28. The Labute approximate surface area is 134 Å². The topological polar surface area (TPSA) is 68.5 Å². The summed E-state index contributed by atoms with van der Waals surface area (Å²) in [6.45, 7) is 3.28. The monoisotopic (exact) mass is 315 g/mol. The molecule has 1 aliphatic rings. The van der Waals surface area contributed by atoms with E-state index in [0.29, 0.717) is 35.8 Å². The SMILES string of the molecule is CCCCOc1cccc2cc(C(=O)NCC3CC3)c(=O)oc12. The number of nitrogens with one attached hydrogen (secondary N) is 1. The van der Waals surface area contributed by atoms with E-state index < -0.39 is 5.63 Å². The van der Waals surface area contributed by atoms with Gasteiger partial charge in [-0.3, -0.25) is 4.79 Å². The number of unbranched alkanes of at least 4 members (excludes halogenated alkanes) is 1. The van der Waals surface area contributed by atoms with Gasteiger partial charge in [0, 0.05) is 11.9 Å². The molecule has 0 spiro atoms. The minimum absolute atomic E-state index is 0.0452. The van der Waals surface area contributed by atoms with Gasteiger partial charge in [-0.15, -0.1) is 0 Å². The Morgan fingerprint density at radius 1 is 1.39 bits per heavy atom. The van der Waals surface area contributed by atoms with Gasteiger partial charge in [0.15, 0.2) is 11.3 Å². The molecule has 0 bridgehead atoms. The van der Waals surface area contributed by atoms with Gasteiger partial charge in [0.05, 0.1) is 6.61 Å². The van der Waals surface area contributed by atoms with Crippen molar-refractivity contribution in [3.8, 4) is 5.75 Å². The lowest BCUT2D eigenvalue weighted by atomic mass is 10.1. The van der Waals surface area contributed by atoms with Gasteiger partial charge in [0.1, 0.15) is 5.56 Å². The lowest BCUT2D eigenvalue weighted by molar-refractivity contribution is 0.0948. The van der Waals surface area contributed by atoms with Gasteiger partial charge in [-0.2, -0.15) is 0 Å². The molecule has 1 fully saturated rings. The summed E-state index contributed by atoms with van der Waals surface area (Å²) in [6.07, 6.45) is 4.25. The quantitative estimate of drug-likeness (QED) is 0.629. The second-order valence-electron chi connectivity index (χ2n) is 5.98. The van der Waals surface area contributed by atoms with E-state index in [-0.39, 0.29) is 11.5 Å². The van der Waals surface area contributed by atoms with Crippen LogP contribution in [0.15, 0.2) is 33.5 Å². The number of hydrogen-bond donors (Lipinski definition) is 1. The lowest BCUT2D eigenvalue weighted by Crippen LogP contribution is -2.29. The summed E-state index contributed by atoms with van der Waals surface area (Å²) in [7, 11) is 0. The maximum absolute atomic E-state index is 12.1. The summed E-state index contributed by atoms with van der Waals surface area (Å²) in [5.41, 5.74) is -0.187. The predicted octanol–water partition coefficient (Wildman–Crippen LogP) is 3.11. The van der Waals surface area contributed by atoms with E-state index in [0.717, 1.165) is 25.7 Å². The molecule has 1 aromatic heterocycles. The molecule has 5 nitrogen and oxygen atoms in total. The maximum atomic E-state index is 12.1. The molecule has 0 aliphatic heterocycles. The van der Waals surface area contributed by atoms with Crippen molar-refractivity contribution in [2.75, 3.05) is 13.2 Å². The van der Waals surface area contributed by atoms with Crippen LogP contribution in [-0.2, 0) is 0 Å². The van der Waals surface area contributed by atoms with Crippen molar-refractivity contribution >= 4 is 16.9 Å². The Kier molecular flexibility index (Phi) is 4.65. The van der Waals surface area contributed by atoms with Crippen molar-refractivity contribution in [1.29, 1.82) is 0 Å². The van der Waals surface area contributed by atoms with Crippen molar-refractivity contribution in [2.24, 2.45) is 5.92 Å². The average Bonchev–Trinajstić information content (AvgIpc) is 3.37. The summed E-state index contributed by atoms with van der Waals surface area (Å²) in [4.78, 5) is 24.3. The van der Waals surface area contributed by atoms with Gasteiger partial charge in [0.2, 0.25) is 0 Å². The summed E-state index contributed by atoms with van der Waals surface area (Å²) in [5, 5.41) is 3.48. The van der Waals surface area contributed by atoms with Crippen molar-refractivity contribution in [3.05, 3.63) is 40.2 Å². The van der Waals surface area contributed by atoms with E-state index in [9.17, 15) is 9.59 Å². The van der Waals surface area contributed by atoms with Crippen LogP contribution < -0.4 is 15.7 Å². The van der Waals surface area contributed by atoms with Gasteiger partial charge in [-0.05, 0) is 37.3 Å². The number of benzene rings is 1. The number of para-hydroxylation sites is 1. The van der Waals surface area contributed by atoms with Crippen LogP contribution in [0, 0.1) is 5.92 Å². The molecular weight excluding hydrogens is 294 g/mol. The van der Waals surface area contributed by atoms with E-state index in [1.54, 1.807) is 12.1 Å². The van der Waals surface area contributed by atoms with Crippen LogP contribution in [-0.4, -0.2) is 19.1 Å². The Morgan fingerprint density at radius 3 is 2.96 bits per heavy atom. The number of amides is 1. The Bertz CT molecular complexity index is 761. The maximum Gasteiger partial charge on any atom is 0.349 e. The third-order valence-corrected chi connectivity index (χ3v) is 3.97. The number of rotatable bonds is 7. The van der Waals surface area contributed by atoms with E-state index in [1.165, 1.54) is 0 Å². The molecule has 1 aliphatic carbocycles. The first-order valence-corrected chi connectivity index (χ1v) is 8.17. The van der Waals surface area contributed by atoms with Crippen molar-refractivity contribution in [2.45, 2.75) is 32.6 Å². The van der Waals surface area contributed by atoms with Gasteiger partial charge in [-0.1, -0.05) is 25.5 Å². The largest absolute Gasteiger partial charge is 0.490 e. The van der Waals surface area contributed by atoms with Gasteiger partial charge in [0.25, 0.3) is 5.91 Å². The highest BCUT2D eigenvalue weighted by Gasteiger charge is 2.23. The van der Waals surface area contributed by atoms with Crippen LogP contribution in [0.3, 0.4) is 0 Å². The summed E-state index contributed by atoms with van der Waals surface area (Å²) >= 11 is 0.